The Balaban J connectivity index is 1.39. The summed E-state index contributed by atoms with van der Waals surface area (Å²) in [6, 6.07) is 3.96. The van der Waals surface area contributed by atoms with Gasteiger partial charge in [-0.05, 0) is 82.4 Å². The summed E-state index contributed by atoms with van der Waals surface area (Å²) in [5, 5.41) is 9.65. The minimum Gasteiger partial charge on any atom is -0.462 e. The average Bonchev–Trinajstić information content (AvgIpc) is 3.66. The molecule has 0 aromatic carbocycles. The van der Waals surface area contributed by atoms with E-state index in [2.05, 4.69) is 26.7 Å². The van der Waals surface area contributed by atoms with Crippen molar-refractivity contribution in [2.75, 3.05) is 12.4 Å². The number of ketones is 1. The molecule has 2 fully saturated rings. The van der Waals surface area contributed by atoms with Gasteiger partial charge in [0.2, 0.25) is 5.82 Å². The minimum absolute atomic E-state index is 0.0900. The summed E-state index contributed by atoms with van der Waals surface area (Å²) in [5.41, 5.74) is 2.15. The van der Waals surface area contributed by atoms with Gasteiger partial charge in [-0.2, -0.15) is 0 Å². The highest BCUT2D eigenvalue weighted by Crippen LogP contribution is 2.53. The van der Waals surface area contributed by atoms with E-state index in [1.54, 1.807) is 27.0 Å². The van der Waals surface area contributed by atoms with Crippen LogP contribution in [0.25, 0.3) is 11.6 Å². The first-order chi connectivity index (χ1) is 16.9. The van der Waals surface area contributed by atoms with Crippen molar-refractivity contribution in [1.29, 1.82) is 0 Å². The summed E-state index contributed by atoms with van der Waals surface area (Å²) in [7, 11) is 0. The largest absolute Gasteiger partial charge is 0.462 e. The van der Waals surface area contributed by atoms with E-state index in [1.165, 1.54) is 37.4 Å². The van der Waals surface area contributed by atoms with Crippen LogP contribution < -0.4 is 0 Å². The monoisotopic (exact) mass is 496 g/mol. The molecule has 0 amide bonds. The summed E-state index contributed by atoms with van der Waals surface area (Å²) in [6.45, 7) is 7.87. The number of thioether (sulfide) groups is 1. The van der Waals surface area contributed by atoms with Gasteiger partial charge in [-0.1, -0.05) is 18.2 Å². The second kappa shape index (κ2) is 9.68. The molecule has 2 saturated carbocycles. The lowest BCUT2D eigenvalue weighted by molar-refractivity contribution is 0.0525. The highest BCUT2D eigenvalue weighted by molar-refractivity contribution is 7.99. The van der Waals surface area contributed by atoms with Gasteiger partial charge in [0.25, 0.3) is 0 Å². The first-order valence-electron chi connectivity index (χ1n) is 12.4. The molecular formula is C26H32N4O4S. The number of carbonyl (C=O) groups is 2. The summed E-state index contributed by atoms with van der Waals surface area (Å²) in [6.07, 6.45) is 6.85. The Morgan fingerprint density at radius 1 is 1.29 bits per heavy atom. The number of esters is 1. The zero-order chi connectivity index (χ0) is 24.7. The van der Waals surface area contributed by atoms with Crippen LogP contribution in [-0.4, -0.2) is 43.9 Å². The third-order valence-electron chi connectivity index (χ3n) is 7.75. The van der Waals surface area contributed by atoms with Crippen LogP contribution in [-0.2, 0) is 4.74 Å². The van der Waals surface area contributed by atoms with Crippen LogP contribution >= 0.6 is 11.8 Å². The Hall–Kier alpha value is -2.81. The van der Waals surface area contributed by atoms with Gasteiger partial charge < -0.3 is 14.1 Å². The number of furan rings is 1. The number of fused-ring (bicyclic) bond motifs is 2. The van der Waals surface area contributed by atoms with Crippen LogP contribution in [0.5, 0.6) is 0 Å². The maximum absolute atomic E-state index is 13.2. The summed E-state index contributed by atoms with van der Waals surface area (Å²) < 4.78 is 13.0. The van der Waals surface area contributed by atoms with Crippen molar-refractivity contribution in [1.82, 2.24) is 19.7 Å². The van der Waals surface area contributed by atoms with E-state index in [0.29, 0.717) is 45.2 Å². The fourth-order valence-corrected chi connectivity index (χ4v) is 7.03. The predicted molar refractivity (Wildman–Crippen MR) is 133 cm³/mol. The maximum Gasteiger partial charge on any atom is 0.340 e. The van der Waals surface area contributed by atoms with Gasteiger partial charge in [0.1, 0.15) is 0 Å². The number of hydrogen-bond acceptors (Lipinski definition) is 7. The average molecular weight is 497 g/mol. The molecule has 0 radical (unpaired) electrons. The Labute approximate surface area is 209 Å². The number of aryl methyl sites for hydroxylation is 1. The molecule has 4 atom stereocenters. The predicted octanol–water partition coefficient (Wildman–Crippen LogP) is 5.63. The SMILES string of the molecule is CCOC(=O)c1c(C)[nH]c(C(=O)CSc2nnc(-c3ccco3)n2[C@@H](C)[C@@H]2C[C@H]3CC[C@H]2C3)c1C. The van der Waals surface area contributed by atoms with Crippen molar-refractivity contribution in [3.63, 3.8) is 0 Å². The van der Waals surface area contributed by atoms with Gasteiger partial charge in [0.05, 0.1) is 29.9 Å². The molecule has 3 aromatic heterocycles. The lowest BCUT2D eigenvalue weighted by atomic mass is 9.84. The lowest BCUT2D eigenvalue weighted by Gasteiger charge is -2.30. The number of H-pyrrole nitrogens is 1. The van der Waals surface area contributed by atoms with Gasteiger partial charge in [-0.25, -0.2) is 4.79 Å². The molecule has 8 nitrogen and oxygen atoms in total. The molecule has 5 rings (SSSR count). The Bertz CT molecular complexity index is 1230. The zero-order valence-electron chi connectivity index (χ0n) is 20.7. The van der Waals surface area contributed by atoms with E-state index in [1.807, 2.05) is 12.1 Å². The summed E-state index contributed by atoms with van der Waals surface area (Å²) in [5.74, 6) is 3.23. The second-order valence-electron chi connectivity index (χ2n) is 9.79. The van der Waals surface area contributed by atoms with E-state index in [0.717, 1.165) is 11.8 Å². The molecule has 0 saturated heterocycles. The molecule has 0 unspecified atom stereocenters. The van der Waals surface area contributed by atoms with Crippen LogP contribution in [0.15, 0.2) is 28.0 Å². The van der Waals surface area contributed by atoms with Crippen LogP contribution in [0, 0.1) is 31.6 Å². The van der Waals surface area contributed by atoms with Crippen LogP contribution in [0.2, 0.25) is 0 Å². The molecule has 1 N–H and O–H groups in total. The van der Waals surface area contributed by atoms with E-state index in [-0.39, 0.29) is 24.2 Å². The molecule has 186 valence electrons. The van der Waals surface area contributed by atoms with Crippen molar-refractivity contribution in [3.05, 3.63) is 40.9 Å². The topological polar surface area (TPSA) is 103 Å². The Kier molecular flexibility index (Phi) is 6.61. The maximum atomic E-state index is 13.2. The normalized spacial score (nSPS) is 22.0. The third kappa shape index (κ3) is 4.35. The van der Waals surface area contributed by atoms with E-state index >= 15 is 0 Å². The number of nitrogens with zero attached hydrogens (tertiary/aromatic N) is 3. The van der Waals surface area contributed by atoms with Crippen LogP contribution in [0.3, 0.4) is 0 Å². The highest BCUT2D eigenvalue weighted by atomic mass is 32.2. The summed E-state index contributed by atoms with van der Waals surface area (Å²) in [4.78, 5) is 28.6. The van der Waals surface area contributed by atoms with Gasteiger partial charge in [-0.15, -0.1) is 10.2 Å². The standard InChI is InChI=1S/C26H32N4O4S/c1-5-33-25(32)22-14(2)23(27-15(22)3)20(31)13-35-26-29-28-24(21-7-6-10-34-21)30(26)16(4)19-12-17-8-9-18(19)11-17/h6-7,10,16-19,27H,5,8-9,11-13H2,1-4H3/t16-,17-,18-,19-/m0/s1. The molecule has 3 heterocycles. The number of hydrogen-bond donors (Lipinski definition) is 1. The van der Waals surface area contributed by atoms with Crippen LogP contribution in [0.4, 0.5) is 0 Å². The lowest BCUT2D eigenvalue weighted by Crippen LogP contribution is -2.23. The minimum atomic E-state index is -0.409. The fourth-order valence-electron chi connectivity index (χ4n) is 6.13. The molecule has 2 aliphatic rings. The quantitative estimate of drug-likeness (QED) is 0.232. The number of ether oxygens (including phenoxy) is 1. The van der Waals surface area contributed by atoms with Gasteiger partial charge >= 0.3 is 5.97 Å². The molecule has 2 aliphatic carbocycles. The number of nitrogens with one attached hydrogen (secondary N) is 1. The van der Waals surface area contributed by atoms with Crippen molar-refractivity contribution in [2.24, 2.45) is 17.8 Å². The van der Waals surface area contributed by atoms with Gasteiger partial charge in [0, 0.05) is 11.7 Å². The Morgan fingerprint density at radius 3 is 2.77 bits per heavy atom. The van der Waals surface area contributed by atoms with Crippen LogP contribution in [0.1, 0.15) is 77.7 Å². The molecule has 3 aromatic rings. The van der Waals surface area contributed by atoms with Gasteiger partial charge in [0.15, 0.2) is 16.7 Å². The summed E-state index contributed by atoms with van der Waals surface area (Å²) >= 11 is 1.38. The Morgan fingerprint density at radius 2 is 2.11 bits per heavy atom. The smallest absolute Gasteiger partial charge is 0.340 e. The fraction of sp³-hybridized carbons (Fsp3) is 0.538. The number of Topliss-reactive ketones (excluding diaryl/α,β-unsaturated/α-hetero) is 1. The first kappa shape index (κ1) is 23.9. The second-order valence-corrected chi connectivity index (χ2v) is 10.7. The number of carbonyl (C=O) groups excluding carboxylic acids is 2. The first-order valence-corrected chi connectivity index (χ1v) is 13.4. The number of aromatic nitrogens is 4. The molecule has 2 bridgehead atoms. The highest BCUT2D eigenvalue weighted by Gasteiger charge is 2.43. The van der Waals surface area contributed by atoms with Crippen molar-refractivity contribution < 1.29 is 18.7 Å². The number of aromatic amines is 1. The van der Waals surface area contributed by atoms with Crippen molar-refractivity contribution >= 4 is 23.5 Å². The van der Waals surface area contributed by atoms with Crippen molar-refractivity contribution in [2.45, 2.75) is 64.6 Å². The van der Waals surface area contributed by atoms with Gasteiger partial charge in [-0.3, -0.25) is 9.36 Å². The molecule has 0 spiro atoms. The molecule has 0 aliphatic heterocycles. The van der Waals surface area contributed by atoms with E-state index in [9.17, 15) is 9.59 Å². The van der Waals surface area contributed by atoms with Crippen molar-refractivity contribution in [3.8, 4) is 11.6 Å². The molecule has 35 heavy (non-hydrogen) atoms. The van der Waals surface area contributed by atoms with E-state index in [4.69, 9.17) is 9.15 Å². The molecular weight excluding hydrogens is 464 g/mol. The third-order valence-corrected chi connectivity index (χ3v) is 8.70. The molecule has 9 heteroatoms. The van der Waals surface area contributed by atoms with E-state index < -0.39 is 5.97 Å². The zero-order valence-corrected chi connectivity index (χ0v) is 21.5. The number of rotatable bonds is 9.